The van der Waals surface area contributed by atoms with Crippen molar-refractivity contribution in [2.24, 2.45) is 0 Å². The number of ether oxygens (including phenoxy) is 1. The van der Waals surface area contributed by atoms with E-state index in [2.05, 4.69) is 0 Å². The summed E-state index contributed by atoms with van der Waals surface area (Å²) in [6, 6.07) is 31.3. The number of rotatable bonds is 4. The Labute approximate surface area is 154 Å². The molecule has 0 aliphatic rings. The summed E-state index contributed by atoms with van der Waals surface area (Å²) >= 11 is 0. The maximum atomic E-state index is 14.6. The van der Waals surface area contributed by atoms with Crippen LogP contribution in [-0.4, -0.2) is 11.3 Å². The van der Waals surface area contributed by atoms with Crippen LogP contribution in [-0.2, 0) is 9.93 Å². The molecule has 0 amide bonds. The fraction of sp³-hybridized carbons (Fsp3) is 0.0435. The molecule has 3 heteroatoms. The van der Waals surface area contributed by atoms with Crippen molar-refractivity contribution in [2.75, 3.05) is 7.11 Å². The van der Waals surface area contributed by atoms with Crippen LogP contribution in [0, 0.1) is 0 Å². The van der Waals surface area contributed by atoms with Crippen LogP contribution in [0.4, 0.5) is 0 Å². The van der Waals surface area contributed by atoms with Gasteiger partial charge in [-0.2, -0.15) is 0 Å². The van der Waals surface area contributed by atoms with E-state index in [1.54, 1.807) is 7.11 Å². The summed E-state index contributed by atoms with van der Waals surface area (Å²) in [7, 11) is -1.35. The van der Waals surface area contributed by atoms with Crippen LogP contribution in [0.15, 0.2) is 112 Å². The molecule has 0 aromatic heterocycles. The molecule has 0 N–H and O–H groups in total. The minimum Gasteiger partial charge on any atom is -0.496 e. The largest absolute Gasteiger partial charge is 0.496 e. The number of thiol groups is 1. The van der Waals surface area contributed by atoms with E-state index in [-0.39, 0.29) is 0 Å². The summed E-state index contributed by atoms with van der Waals surface area (Å²) in [6.07, 6.45) is 0. The van der Waals surface area contributed by atoms with Gasteiger partial charge in [0.25, 0.3) is 0 Å². The van der Waals surface area contributed by atoms with Gasteiger partial charge in [-0.25, -0.2) is 0 Å². The van der Waals surface area contributed by atoms with Crippen LogP contribution in [0.1, 0.15) is 0 Å². The first-order valence-electron chi connectivity index (χ1n) is 8.53. The Morgan fingerprint density at radius 3 is 1.65 bits per heavy atom. The molecule has 0 heterocycles. The van der Waals surface area contributed by atoms with Crippen molar-refractivity contribution in [3.8, 4) is 5.75 Å². The highest BCUT2D eigenvalue weighted by molar-refractivity contribution is 8.03. The summed E-state index contributed by atoms with van der Waals surface area (Å²) in [6.45, 7) is 0. The van der Waals surface area contributed by atoms with Gasteiger partial charge in [0, 0.05) is 25.5 Å². The van der Waals surface area contributed by atoms with Crippen LogP contribution in [0.3, 0.4) is 0 Å². The van der Waals surface area contributed by atoms with Gasteiger partial charge in [-0.3, -0.25) is 4.21 Å². The molecule has 4 rings (SSSR count). The van der Waals surface area contributed by atoms with Crippen molar-refractivity contribution in [1.82, 2.24) is 0 Å². The van der Waals surface area contributed by atoms with E-state index in [0.29, 0.717) is 0 Å². The van der Waals surface area contributed by atoms with Crippen molar-refractivity contribution in [1.29, 1.82) is 0 Å². The Kier molecular flexibility index (Phi) is 4.31. The predicted octanol–water partition coefficient (Wildman–Crippen LogP) is 5.34. The Hall–Kier alpha value is -2.91. The lowest BCUT2D eigenvalue weighted by Gasteiger charge is -2.27. The smallest absolute Gasteiger partial charge is 0.126 e. The van der Waals surface area contributed by atoms with Gasteiger partial charge in [-0.15, -0.1) is 0 Å². The van der Waals surface area contributed by atoms with Gasteiger partial charge < -0.3 is 4.74 Å². The lowest BCUT2D eigenvalue weighted by Crippen LogP contribution is -2.14. The van der Waals surface area contributed by atoms with Gasteiger partial charge in [0.05, 0.1) is 7.11 Å². The van der Waals surface area contributed by atoms with Crippen LogP contribution < -0.4 is 4.74 Å². The number of fused-ring (bicyclic) bond motifs is 1. The van der Waals surface area contributed by atoms with Crippen molar-refractivity contribution in [3.63, 3.8) is 0 Å². The lowest BCUT2D eigenvalue weighted by molar-refractivity contribution is 0.419. The Balaban J connectivity index is 2.10. The number of benzene rings is 4. The van der Waals surface area contributed by atoms with E-state index in [1.807, 2.05) is 97.1 Å². The lowest BCUT2D eigenvalue weighted by atomic mass is 10.1. The summed E-state index contributed by atoms with van der Waals surface area (Å²) in [5.41, 5.74) is 0. The molecule has 0 aliphatic carbocycles. The fourth-order valence-electron chi connectivity index (χ4n) is 3.41. The Bertz CT molecular complexity index is 1050. The average molecular weight is 360 g/mol. The first-order chi connectivity index (χ1) is 12.7. The molecule has 0 aliphatic heterocycles. The highest BCUT2D eigenvalue weighted by atomic mass is 32.2. The average Bonchev–Trinajstić information content (AvgIpc) is 2.73. The predicted molar refractivity (Wildman–Crippen MR) is 108 cm³/mol. The summed E-state index contributed by atoms with van der Waals surface area (Å²) in [5, 5.41) is 1.93. The van der Waals surface area contributed by atoms with Gasteiger partial charge in [0.1, 0.15) is 5.75 Å². The minimum absolute atomic E-state index is 0.789. The van der Waals surface area contributed by atoms with Gasteiger partial charge >= 0.3 is 0 Å². The molecular weight excluding hydrogens is 340 g/mol. The van der Waals surface area contributed by atoms with Crippen LogP contribution >= 0.6 is 0 Å². The van der Waals surface area contributed by atoms with Crippen molar-refractivity contribution in [2.45, 2.75) is 14.7 Å². The topological polar surface area (TPSA) is 26.3 Å². The van der Waals surface area contributed by atoms with Crippen LogP contribution in [0.5, 0.6) is 5.75 Å². The van der Waals surface area contributed by atoms with Gasteiger partial charge in [0.2, 0.25) is 0 Å². The molecule has 0 saturated carbocycles. The van der Waals surface area contributed by atoms with E-state index < -0.39 is 9.93 Å². The highest BCUT2D eigenvalue weighted by Gasteiger charge is 2.25. The second-order valence-electron chi connectivity index (χ2n) is 6.11. The SMILES string of the molecule is COc1ccc([SH](=O)(c2ccccc2)c2ccccc2)c2ccccc12. The molecule has 0 bridgehead atoms. The number of methoxy groups -OCH3 is 1. The molecule has 2 nitrogen and oxygen atoms in total. The molecule has 0 atom stereocenters. The molecule has 4 aromatic rings. The molecular formula is C23H20O2S. The quantitative estimate of drug-likeness (QED) is 0.497. The van der Waals surface area contributed by atoms with Crippen LogP contribution in [0.2, 0.25) is 0 Å². The summed E-state index contributed by atoms with van der Waals surface area (Å²) in [5.74, 6) is 0.789. The highest BCUT2D eigenvalue weighted by Crippen LogP contribution is 2.41. The Morgan fingerprint density at radius 2 is 1.12 bits per heavy atom. The molecule has 0 radical (unpaired) electrons. The van der Waals surface area contributed by atoms with E-state index >= 15 is 0 Å². The molecule has 0 saturated heterocycles. The zero-order valence-electron chi connectivity index (χ0n) is 14.5. The third kappa shape index (κ3) is 2.61. The van der Waals surface area contributed by atoms with Gasteiger partial charge in [0.15, 0.2) is 0 Å². The third-order valence-electron chi connectivity index (χ3n) is 4.66. The van der Waals surface area contributed by atoms with E-state index in [0.717, 1.165) is 31.2 Å². The zero-order valence-corrected chi connectivity index (χ0v) is 15.4. The third-order valence-corrected chi connectivity index (χ3v) is 7.78. The Morgan fingerprint density at radius 1 is 0.615 bits per heavy atom. The second kappa shape index (κ2) is 6.77. The van der Waals surface area contributed by atoms with Gasteiger partial charge in [-0.05, 0) is 46.3 Å². The number of hydrogen-bond acceptors (Lipinski definition) is 2. The maximum absolute atomic E-state index is 14.6. The summed E-state index contributed by atoms with van der Waals surface area (Å²) in [4.78, 5) is 2.51. The van der Waals surface area contributed by atoms with Crippen molar-refractivity contribution >= 4 is 20.7 Å². The summed E-state index contributed by atoms with van der Waals surface area (Å²) < 4.78 is 20.1. The van der Waals surface area contributed by atoms with E-state index in [4.69, 9.17) is 4.74 Å². The molecule has 130 valence electrons. The molecule has 0 unspecified atom stereocenters. The molecule has 4 aromatic carbocycles. The van der Waals surface area contributed by atoms with Crippen molar-refractivity contribution < 1.29 is 8.95 Å². The van der Waals surface area contributed by atoms with E-state index in [1.165, 1.54) is 0 Å². The van der Waals surface area contributed by atoms with E-state index in [9.17, 15) is 4.21 Å². The first kappa shape index (κ1) is 16.6. The first-order valence-corrected chi connectivity index (χ1v) is 10.2. The fourth-order valence-corrected chi connectivity index (χ4v) is 6.27. The zero-order chi connectivity index (χ0) is 18.0. The van der Waals surface area contributed by atoms with Crippen LogP contribution in [0.25, 0.3) is 10.8 Å². The number of hydrogen-bond donors (Lipinski definition) is 1. The standard InChI is InChI=1S/C23H20O2S/c1-25-22-16-17-23(21-15-9-8-14-20(21)22)26(24,18-10-4-2-5-11-18)19-12-6-3-7-13-19/h2-17,26H,1H3. The molecule has 0 fully saturated rings. The normalized spacial score (nSPS) is 12.0. The minimum atomic E-state index is -3.01. The monoisotopic (exact) mass is 360 g/mol. The molecule has 0 spiro atoms. The maximum Gasteiger partial charge on any atom is 0.126 e. The van der Waals surface area contributed by atoms with Crippen molar-refractivity contribution in [3.05, 3.63) is 97.1 Å². The molecule has 26 heavy (non-hydrogen) atoms. The second-order valence-corrected chi connectivity index (χ2v) is 8.85. The van der Waals surface area contributed by atoms with Gasteiger partial charge in [-0.1, -0.05) is 60.7 Å².